The number of nitrogens with one attached hydrogen (secondary N) is 1. The highest BCUT2D eigenvalue weighted by Crippen LogP contribution is 2.31. The average Bonchev–Trinajstić information content (AvgIpc) is 3.33. The molecule has 1 unspecified atom stereocenters. The van der Waals surface area contributed by atoms with Gasteiger partial charge in [0, 0.05) is 18.9 Å². The van der Waals surface area contributed by atoms with E-state index in [-0.39, 0.29) is 23.6 Å². The Morgan fingerprint density at radius 1 is 1.33 bits per heavy atom. The van der Waals surface area contributed by atoms with Crippen molar-refractivity contribution in [2.75, 3.05) is 20.2 Å². The molecule has 27 heavy (non-hydrogen) atoms. The standard InChI is InChI=1S/C19H24N4O4/c1-26-16-10-12(2-4-15(16)24)11-23-8-6-13(7-9-23)18-21-19(27-22-18)14-3-5-17(25)20-14/h2,4,10,13-14,24H,3,5-9,11H2,1H3,(H,20,25). The highest BCUT2D eigenvalue weighted by atomic mass is 16.5. The number of hydrogen-bond acceptors (Lipinski definition) is 7. The van der Waals surface area contributed by atoms with Crippen molar-refractivity contribution >= 4 is 5.91 Å². The number of nitrogens with zero attached hydrogens (tertiary/aromatic N) is 3. The lowest BCUT2D eigenvalue weighted by Gasteiger charge is -2.30. The summed E-state index contributed by atoms with van der Waals surface area (Å²) in [6, 6.07) is 5.33. The number of methoxy groups -OCH3 is 1. The zero-order valence-electron chi connectivity index (χ0n) is 15.4. The maximum Gasteiger partial charge on any atom is 0.249 e. The van der Waals surface area contributed by atoms with Crippen LogP contribution >= 0.6 is 0 Å². The topological polar surface area (TPSA) is 101 Å². The number of aromatic hydroxyl groups is 1. The number of ether oxygens (including phenoxy) is 1. The van der Waals surface area contributed by atoms with E-state index in [0.29, 0.717) is 18.1 Å². The molecule has 2 saturated heterocycles. The highest BCUT2D eigenvalue weighted by Gasteiger charge is 2.30. The predicted octanol–water partition coefficient (Wildman–Crippen LogP) is 2.11. The molecule has 8 nitrogen and oxygen atoms in total. The van der Waals surface area contributed by atoms with E-state index >= 15 is 0 Å². The molecule has 0 bridgehead atoms. The molecule has 2 aliphatic rings. The molecular formula is C19H24N4O4. The second-order valence-electron chi connectivity index (χ2n) is 7.21. The number of hydrogen-bond donors (Lipinski definition) is 2. The Hall–Kier alpha value is -2.61. The van der Waals surface area contributed by atoms with Crippen molar-refractivity contribution in [2.45, 2.75) is 44.2 Å². The second-order valence-corrected chi connectivity index (χ2v) is 7.21. The maximum atomic E-state index is 11.4. The van der Waals surface area contributed by atoms with E-state index in [0.717, 1.165) is 50.3 Å². The van der Waals surface area contributed by atoms with Gasteiger partial charge in [-0.1, -0.05) is 11.2 Å². The van der Waals surface area contributed by atoms with Crippen LogP contribution in [0.2, 0.25) is 0 Å². The quantitative estimate of drug-likeness (QED) is 0.829. The van der Waals surface area contributed by atoms with Crippen molar-refractivity contribution in [3.8, 4) is 11.5 Å². The van der Waals surface area contributed by atoms with Gasteiger partial charge in [-0.25, -0.2) is 0 Å². The molecule has 1 amide bonds. The molecule has 1 aromatic heterocycles. The molecule has 1 aromatic carbocycles. The van der Waals surface area contributed by atoms with Gasteiger partial charge >= 0.3 is 0 Å². The first-order valence-corrected chi connectivity index (χ1v) is 9.33. The second kappa shape index (κ2) is 7.56. The van der Waals surface area contributed by atoms with E-state index < -0.39 is 0 Å². The molecule has 8 heteroatoms. The summed E-state index contributed by atoms with van der Waals surface area (Å²) in [4.78, 5) is 18.3. The Labute approximate surface area is 157 Å². The molecule has 0 aliphatic carbocycles. The Bertz CT molecular complexity index is 814. The first-order chi connectivity index (χ1) is 13.1. The SMILES string of the molecule is COc1cc(CN2CCC(c3noc(C4CCC(=O)N4)n3)CC2)ccc1O. The largest absolute Gasteiger partial charge is 0.504 e. The van der Waals surface area contributed by atoms with Crippen LogP contribution in [0.15, 0.2) is 22.7 Å². The summed E-state index contributed by atoms with van der Waals surface area (Å²) < 4.78 is 10.6. The first kappa shape index (κ1) is 17.8. The fourth-order valence-corrected chi connectivity index (χ4v) is 3.78. The number of aromatic nitrogens is 2. The lowest BCUT2D eigenvalue weighted by molar-refractivity contribution is -0.119. The summed E-state index contributed by atoms with van der Waals surface area (Å²) in [5.74, 6) is 2.25. The zero-order valence-corrected chi connectivity index (χ0v) is 15.4. The van der Waals surface area contributed by atoms with Gasteiger partial charge in [-0.3, -0.25) is 9.69 Å². The minimum atomic E-state index is -0.136. The predicted molar refractivity (Wildman–Crippen MR) is 96.3 cm³/mol. The van der Waals surface area contributed by atoms with Crippen molar-refractivity contribution in [3.63, 3.8) is 0 Å². The summed E-state index contributed by atoms with van der Waals surface area (Å²) >= 11 is 0. The zero-order chi connectivity index (χ0) is 18.8. The summed E-state index contributed by atoms with van der Waals surface area (Å²) in [6.45, 7) is 2.70. The molecule has 144 valence electrons. The van der Waals surface area contributed by atoms with Crippen LogP contribution in [0.25, 0.3) is 0 Å². The number of phenols is 1. The van der Waals surface area contributed by atoms with Crippen LogP contribution < -0.4 is 10.1 Å². The molecule has 2 aliphatic heterocycles. The summed E-state index contributed by atoms with van der Waals surface area (Å²) in [5.41, 5.74) is 1.11. The number of benzene rings is 1. The van der Waals surface area contributed by atoms with Crippen LogP contribution in [0, 0.1) is 0 Å². The normalized spacial score (nSPS) is 21.4. The number of rotatable bonds is 5. The maximum absolute atomic E-state index is 11.4. The van der Waals surface area contributed by atoms with Crippen molar-refractivity contribution in [1.29, 1.82) is 0 Å². The molecule has 0 radical (unpaired) electrons. The molecule has 1 atom stereocenters. The van der Waals surface area contributed by atoms with Gasteiger partial charge in [0.25, 0.3) is 0 Å². The molecule has 4 rings (SSSR count). The highest BCUT2D eigenvalue weighted by molar-refractivity contribution is 5.78. The monoisotopic (exact) mass is 372 g/mol. The number of likely N-dealkylation sites (tertiary alicyclic amines) is 1. The van der Waals surface area contributed by atoms with Gasteiger partial charge in [-0.2, -0.15) is 4.98 Å². The van der Waals surface area contributed by atoms with Gasteiger partial charge in [0.05, 0.1) is 7.11 Å². The molecular weight excluding hydrogens is 348 g/mol. The Balaban J connectivity index is 1.32. The summed E-state index contributed by atoms with van der Waals surface area (Å²) in [5, 5.41) is 16.7. The number of phenolic OH excluding ortho intramolecular Hbond substituents is 1. The minimum Gasteiger partial charge on any atom is -0.504 e. The van der Waals surface area contributed by atoms with Crippen molar-refractivity contribution < 1.29 is 19.2 Å². The fraction of sp³-hybridized carbons (Fsp3) is 0.526. The van der Waals surface area contributed by atoms with E-state index in [1.807, 2.05) is 12.1 Å². The molecule has 2 fully saturated rings. The summed E-state index contributed by atoms with van der Waals surface area (Å²) in [6.07, 6.45) is 3.16. The third-order valence-electron chi connectivity index (χ3n) is 5.35. The number of carbonyl (C=O) groups excluding carboxylic acids is 1. The van der Waals surface area contributed by atoms with Gasteiger partial charge in [0.15, 0.2) is 17.3 Å². The van der Waals surface area contributed by atoms with Crippen LogP contribution in [0.4, 0.5) is 0 Å². The van der Waals surface area contributed by atoms with Gasteiger partial charge in [-0.15, -0.1) is 0 Å². The van der Waals surface area contributed by atoms with Gasteiger partial charge in [0.2, 0.25) is 11.8 Å². The molecule has 2 aromatic rings. The molecule has 0 spiro atoms. The molecule has 3 heterocycles. The Morgan fingerprint density at radius 2 is 2.15 bits per heavy atom. The van der Waals surface area contributed by atoms with Crippen molar-refractivity contribution in [2.24, 2.45) is 0 Å². The van der Waals surface area contributed by atoms with Crippen LogP contribution in [-0.2, 0) is 11.3 Å². The van der Waals surface area contributed by atoms with Gasteiger partial charge in [-0.05, 0) is 50.0 Å². The lowest BCUT2D eigenvalue weighted by Crippen LogP contribution is -2.32. The Morgan fingerprint density at radius 3 is 2.85 bits per heavy atom. The van der Waals surface area contributed by atoms with Crippen LogP contribution in [0.1, 0.15) is 54.9 Å². The van der Waals surface area contributed by atoms with Crippen LogP contribution in [-0.4, -0.2) is 46.3 Å². The van der Waals surface area contributed by atoms with E-state index in [1.165, 1.54) is 0 Å². The number of piperidine rings is 1. The first-order valence-electron chi connectivity index (χ1n) is 9.33. The third-order valence-corrected chi connectivity index (χ3v) is 5.35. The van der Waals surface area contributed by atoms with E-state index in [4.69, 9.17) is 9.26 Å². The van der Waals surface area contributed by atoms with Crippen LogP contribution in [0.5, 0.6) is 11.5 Å². The number of amides is 1. The summed E-state index contributed by atoms with van der Waals surface area (Å²) in [7, 11) is 1.56. The molecule has 0 saturated carbocycles. The third kappa shape index (κ3) is 3.90. The van der Waals surface area contributed by atoms with Crippen molar-refractivity contribution in [1.82, 2.24) is 20.4 Å². The van der Waals surface area contributed by atoms with Gasteiger partial charge < -0.3 is 19.7 Å². The van der Waals surface area contributed by atoms with E-state index in [9.17, 15) is 9.90 Å². The Kier molecular flexibility index (Phi) is 4.98. The lowest BCUT2D eigenvalue weighted by atomic mass is 9.96. The van der Waals surface area contributed by atoms with E-state index in [2.05, 4.69) is 20.4 Å². The minimum absolute atomic E-state index is 0.0407. The number of carbonyl (C=O) groups is 1. The fourth-order valence-electron chi connectivity index (χ4n) is 3.78. The van der Waals surface area contributed by atoms with Crippen LogP contribution in [0.3, 0.4) is 0 Å². The van der Waals surface area contributed by atoms with Gasteiger partial charge in [0.1, 0.15) is 6.04 Å². The smallest absolute Gasteiger partial charge is 0.249 e. The average molecular weight is 372 g/mol. The van der Waals surface area contributed by atoms with Crippen molar-refractivity contribution in [3.05, 3.63) is 35.5 Å². The van der Waals surface area contributed by atoms with E-state index in [1.54, 1.807) is 13.2 Å². The molecule has 2 N–H and O–H groups in total.